The highest BCUT2D eigenvalue weighted by molar-refractivity contribution is 5.79. The van der Waals surface area contributed by atoms with Crippen molar-refractivity contribution in [2.75, 3.05) is 33.7 Å². The predicted octanol–water partition coefficient (Wildman–Crippen LogP) is 0.537. The Hall–Kier alpha value is -0.610. The number of hydrogen-bond acceptors (Lipinski definition) is 3. The number of rotatable bonds is 2. The Bertz CT molecular complexity index is 276. The van der Waals surface area contributed by atoms with Gasteiger partial charge >= 0.3 is 0 Å². The number of piperidine rings is 1. The van der Waals surface area contributed by atoms with E-state index in [1.165, 1.54) is 0 Å². The first-order valence-corrected chi connectivity index (χ1v) is 6.77. The summed E-state index contributed by atoms with van der Waals surface area (Å²) in [5, 5.41) is 3.27. The van der Waals surface area contributed by atoms with E-state index in [-0.39, 0.29) is 5.92 Å². The van der Waals surface area contributed by atoms with Crippen LogP contribution in [0.25, 0.3) is 0 Å². The van der Waals surface area contributed by atoms with Gasteiger partial charge in [-0.15, -0.1) is 0 Å². The molecule has 98 valence electrons. The summed E-state index contributed by atoms with van der Waals surface area (Å²) < 4.78 is 0. The zero-order valence-electron chi connectivity index (χ0n) is 11.3. The van der Waals surface area contributed by atoms with E-state index in [1.54, 1.807) is 0 Å². The van der Waals surface area contributed by atoms with Gasteiger partial charge in [0.2, 0.25) is 5.91 Å². The first-order chi connectivity index (χ1) is 8.09. The van der Waals surface area contributed by atoms with Crippen LogP contribution < -0.4 is 5.32 Å². The SMILES string of the molecule is C[C@@H]1C[C@H](N(C)C(=O)[C@H]2CCNC2)CCN1C. The van der Waals surface area contributed by atoms with Crippen molar-refractivity contribution in [3.05, 3.63) is 0 Å². The fraction of sp³-hybridized carbons (Fsp3) is 0.923. The number of carbonyl (C=O) groups is 1. The van der Waals surface area contributed by atoms with Gasteiger partial charge in [-0.2, -0.15) is 0 Å². The average Bonchev–Trinajstić information content (AvgIpc) is 2.84. The van der Waals surface area contributed by atoms with Crippen LogP contribution in [-0.2, 0) is 4.79 Å². The monoisotopic (exact) mass is 239 g/mol. The van der Waals surface area contributed by atoms with Gasteiger partial charge in [0.15, 0.2) is 0 Å². The maximum absolute atomic E-state index is 12.3. The smallest absolute Gasteiger partial charge is 0.227 e. The van der Waals surface area contributed by atoms with Crippen LogP contribution in [0, 0.1) is 5.92 Å². The van der Waals surface area contributed by atoms with E-state index >= 15 is 0 Å². The first kappa shape index (κ1) is 12.8. The molecule has 2 aliphatic rings. The number of nitrogens with zero attached hydrogens (tertiary/aromatic N) is 2. The van der Waals surface area contributed by atoms with Crippen LogP contribution in [0.2, 0.25) is 0 Å². The molecule has 0 bridgehead atoms. The van der Waals surface area contributed by atoms with Crippen LogP contribution in [0.3, 0.4) is 0 Å². The average molecular weight is 239 g/mol. The molecule has 17 heavy (non-hydrogen) atoms. The first-order valence-electron chi connectivity index (χ1n) is 6.77. The second-order valence-electron chi connectivity index (χ2n) is 5.65. The van der Waals surface area contributed by atoms with Crippen molar-refractivity contribution in [1.29, 1.82) is 0 Å². The van der Waals surface area contributed by atoms with Gasteiger partial charge in [-0.05, 0) is 39.8 Å². The van der Waals surface area contributed by atoms with Crippen LogP contribution in [0.1, 0.15) is 26.2 Å². The number of likely N-dealkylation sites (tertiary alicyclic amines) is 1. The zero-order chi connectivity index (χ0) is 12.4. The molecule has 2 heterocycles. The minimum absolute atomic E-state index is 0.218. The van der Waals surface area contributed by atoms with Crippen LogP contribution in [0.5, 0.6) is 0 Å². The lowest BCUT2D eigenvalue weighted by atomic mass is 9.96. The fourth-order valence-corrected chi connectivity index (χ4v) is 2.95. The van der Waals surface area contributed by atoms with Gasteiger partial charge < -0.3 is 15.1 Å². The standard InChI is InChI=1S/C13H25N3O/c1-10-8-12(5-7-15(10)2)16(3)13(17)11-4-6-14-9-11/h10-12,14H,4-9H2,1-3H3/t10-,11+,12-/m1/s1. The number of amides is 1. The summed E-state index contributed by atoms with van der Waals surface area (Å²) in [6.07, 6.45) is 3.23. The lowest BCUT2D eigenvalue weighted by Crippen LogP contribution is -2.49. The van der Waals surface area contributed by atoms with Gasteiger partial charge in [-0.3, -0.25) is 4.79 Å². The Morgan fingerprint density at radius 1 is 1.41 bits per heavy atom. The molecule has 0 spiro atoms. The van der Waals surface area contributed by atoms with Crippen molar-refractivity contribution >= 4 is 5.91 Å². The second kappa shape index (κ2) is 5.36. The van der Waals surface area contributed by atoms with E-state index in [0.717, 1.165) is 38.9 Å². The summed E-state index contributed by atoms with van der Waals surface area (Å²) in [7, 11) is 4.16. The third kappa shape index (κ3) is 2.80. The highest BCUT2D eigenvalue weighted by Gasteiger charge is 2.32. The van der Waals surface area contributed by atoms with Crippen molar-refractivity contribution in [3.8, 4) is 0 Å². The molecule has 0 aliphatic carbocycles. The molecule has 0 radical (unpaired) electrons. The number of hydrogen-bond donors (Lipinski definition) is 1. The molecule has 4 heteroatoms. The molecule has 0 aromatic carbocycles. The third-order valence-electron chi connectivity index (χ3n) is 4.49. The van der Waals surface area contributed by atoms with E-state index in [9.17, 15) is 4.79 Å². The Balaban J connectivity index is 1.90. The minimum Gasteiger partial charge on any atom is -0.342 e. The molecule has 0 unspecified atom stereocenters. The van der Waals surface area contributed by atoms with Gasteiger partial charge in [0, 0.05) is 32.2 Å². The van der Waals surface area contributed by atoms with Crippen LogP contribution >= 0.6 is 0 Å². The molecule has 3 atom stereocenters. The van der Waals surface area contributed by atoms with Crippen LogP contribution in [-0.4, -0.2) is 61.5 Å². The molecule has 1 N–H and O–H groups in total. The van der Waals surface area contributed by atoms with Gasteiger partial charge in [-0.25, -0.2) is 0 Å². The van der Waals surface area contributed by atoms with Crippen molar-refractivity contribution in [3.63, 3.8) is 0 Å². The molecular formula is C13H25N3O. The molecule has 2 aliphatic heterocycles. The van der Waals surface area contributed by atoms with Crippen molar-refractivity contribution < 1.29 is 4.79 Å². The summed E-state index contributed by atoms with van der Waals surface area (Å²) >= 11 is 0. The summed E-state index contributed by atoms with van der Waals surface area (Å²) in [4.78, 5) is 16.7. The van der Waals surface area contributed by atoms with Gasteiger partial charge in [0.25, 0.3) is 0 Å². The lowest BCUT2D eigenvalue weighted by Gasteiger charge is -2.40. The zero-order valence-corrected chi connectivity index (χ0v) is 11.3. The van der Waals surface area contributed by atoms with E-state index in [2.05, 4.69) is 24.2 Å². The summed E-state index contributed by atoms with van der Waals surface area (Å²) in [5.41, 5.74) is 0. The molecule has 2 rings (SSSR count). The lowest BCUT2D eigenvalue weighted by molar-refractivity contribution is -0.136. The molecule has 0 saturated carbocycles. The van der Waals surface area contributed by atoms with E-state index in [4.69, 9.17) is 0 Å². The van der Waals surface area contributed by atoms with E-state index in [0.29, 0.717) is 18.0 Å². The van der Waals surface area contributed by atoms with Crippen molar-refractivity contribution in [2.45, 2.75) is 38.3 Å². The Morgan fingerprint density at radius 2 is 2.18 bits per heavy atom. The molecule has 2 fully saturated rings. The molecule has 2 saturated heterocycles. The third-order valence-corrected chi connectivity index (χ3v) is 4.49. The van der Waals surface area contributed by atoms with Crippen molar-refractivity contribution in [2.24, 2.45) is 5.92 Å². The van der Waals surface area contributed by atoms with Crippen molar-refractivity contribution in [1.82, 2.24) is 15.1 Å². The molecule has 1 amide bonds. The highest BCUT2D eigenvalue weighted by atomic mass is 16.2. The van der Waals surface area contributed by atoms with E-state index in [1.807, 2.05) is 11.9 Å². The topological polar surface area (TPSA) is 35.6 Å². The Morgan fingerprint density at radius 3 is 2.76 bits per heavy atom. The van der Waals surface area contributed by atoms with Gasteiger partial charge in [0.1, 0.15) is 0 Å². The summed E-state index contributed by atoms with van der Waals surface area (Å²) in [6.45, 7) is 5.22. The second-order valence-corrected chi connectivity index (χ2v) is 5.65. The Kier molecular flexibility index (Phi) is 4.05. The number of nitrogens with one attached hydrogen (secondary N) is 1. The largest absolute Gasteiger partial charge is 0.342 e. The quantitative estimate of drug-likeness (QED) is 0.764. The van der Waals surface area contributed by atoms with E-state index < -0.39 is 0 Å². The van der Waals surface area contributed by atoms with Crippen LogP contribution in [0.4, 0.5) is 0 Å². The molecule has 4 nitrogen and oxygen atoms in total. The van der Waals surface area contributed by atoms with Gasteiger partial charge in [0.05, 0.1) is 5.92 Å². The molecular weight excluding hydrogens is 214 g/mol. The minimum atomic E-state index is 0.218. The molecule has 0 aromatic rings. The predicted molar refractivity (Wildman–Crippen MR) is 68.9 cm³/mol. The normalized spacial score (nSPS) is 34.9. The summed E-state index contributed by atoms with van der Waals surface area (Å²) in [6, 6.07) is 1.03. The highest BCUT2D eigenvalue weighted by Crippen LogP contribution is 2.22. The fourth-order valence-electron chi connectivity index (χ4n) is 2.95. The maximum atomic E-state index is 12.3. The molecule has 0 aromatic heterocycles. The Labute approximate surface area is 104 Å². The summed E-state index contributed by atoms with van der Waals surface area (Å²) in [5.74, 6) is 0.562. The van der Waals surface area contributed by atoms with Gasteiger partial charge in [-0.1, -0.05) is 0 Å². The number of carbonyl (C=O) groups excluding carboxylic acids is 1. The maximum Gasteiger partial charge on any atom is 0.227 e. The van der Waals surface area contributed by atoms with Crippen LogP contribution in [0.15, 0.2) is 0 Å².